The number of anilines is 1. The SMILES string of the molecule is Nc1cccc(-c2nnc3n2CCC(O)C3)c1. The Labute approximate surface area is 98.9 Å². The third-order valence-corrected chi connectivity index (χ3v) is 3.08. The summed E-state index contributed by atoms with van der Waals surface area (Å²) in [5, 5.41) is 17.9. The summed E-state index contributed by atoms with van der Waals surface area (Å²) in [6.07, 6.45) is 1.04. The number of hydrogen-bond donors (Lipinski definition) is 2. The van der Waals surface area contributed by atoms with Gasteiger partial charge in [0.2, 0.25) is 0 Å². The summed E-state index contributed by atoms with van der Waals surface area (Å²) in [6.45, 7) is 0.758. The van der Waals surface area contributed by atoms with Crippen molar-refractivity contribution in [2.45, 2.75) is 25.5 Å². The Morgan fingerprint density at radius 1 is 1.35 bits per heavy atom. The van der Waals surface area contributed by atoms with Crippen LogP contribution < -0.4 is 5.73 Å². The quantitative estimate of drug-likeness (QED) is 0.711. The van der Waals surface area contributed by atoms with Gasteiger partial charge in [-0.2, -0.15) is 0 Å². The van der Waals surface area contributed by atoms with Crippen molar-refractivity contribution >= 4 is 5.69 Å². The molecule has 0 saturated heterocycles. The second-order valence-corrected chi connectivity index (χ2v) is 4.36. The summed E-state index contributed by atoms with van der Waals surface area (Å²) in [5.74, 6) is 1.68. The molecular weight excluding hydrogens is 216 g/mol. The van der Waals surface area contributed by atoms with Crippen molar-refractivity contribution in [1.82, 2.24) is 14.8 Å². The number of aliphatic hydroxyl groups is 1. The van der Waals surface area contributed by atoms with E-state index >= 15 is 0 Å². The van der Waals surface area contributed by atoms with Crippen LogP contribution in [0.25, 0.3) is 11.4 Å². The van der Waals surface area contributed by atoms with Gasteiger partial charge in [-0.25, -0.2) is 0 Å². The first-order valence-corrected chi connectivity index (χ1v) is 5.70. The molecule has 0 amide bonds. The number of nitrogen functional groups attached to an aromatic ring is 1. The van der Waals surface area contributed by atoms with Gasteiger partial charge in [0.1, 0.15) is 5.82 Å². The Morgan fingerprint density at radius 2 is 2.24 bits per heavy atom. The van der Waals surface area contributed by atoms with Crippen LogP contribution in [0, 0.1) is 0 Å². The van der Waals surface area contributed by atoms with E-state index in [1.54, 1.807) is 0 Å². The number of aliphatic hydroxyl groups excluding tert-OH is 1. The molecule has 5 heteroatoms. The first-order valence-electron chi connectivity index (χ1n) is 5.70. The molecule has 5 nitrogen and oxygen atoms in total. The van der Waals surface area contributed by atoms with E-state index in [0.717, 1.165) is 35.9 Å². The molecule has 0 fully saturated rings. The third-order valence-electron chi connectivity index (χ3n) is 3.08. The van der Waals surface area contributed by atoms with Crippen molar-refractivity contribution in [2.24, 2.45) is 0 Å². The fraction of sp³-hybridized carbons (Fsp3) is 0.333. The zero-order valence-electron chi connectivity index (χ0n) is 9.37. The standard InChI is InChI=1S/C12H14N4O/c13-9-3-1-2-8(6-9)12-15-14-11-7-10(17)4-5-16(11)12/h1-3,6,10,17H,4-5,7,13H2. The molecule has 1 unspecified atom stereocenters. The number of rotatable bonds is 1. The molecule has 0 spiro atoms. The molecule has 0 saturated carbocycles. The predicted molar refractivity (Wildman–Crippen MR) is 64.2 cm³/mol. The lowest BCUT2D eigenvalue weighted by molar-refractivity contribution is 0.142. The molecule has 2 aromatic rings. The van der Waals surface area contributed by atoms with E-state index in [9.17, 15) is 5.11 Å². The van der Waals surface area contributed by atoms with Crippen LogP contribution in [0.3, 0.4) is 0 Å². The highest BCUT2D eigenvalue weighted by molar-refractivity contribution is 5.61. The average molecular weight is 230 g/mol. The molecule has 3 rings (SSSR count). The van der Waals surface area contributed by atoms with Gasteiger partial charge in [0.25, 0.3) is 0 Å². The van der Waals surface area contributed by atoms with Crippen LogP contribution in [0.1, 0.15) is 12.2 Å². The molecule has 3 N–H and O–H groups in total. The Hall–Kier alpha value is -1.88. The van der Waals surface area contributed by atoms with Crippen LogP contribution in [0.15, 0.2) is 24.3 Å². The van der Waals surface area contributed by atoms with Gasteiger partial charge in [0.15, 0.2) is 5.82 Å². The molecule has 0 bridgehead atoms. The second-order valence-electron chi connectivity index (χ2n) is 4.36. The Balaban J connectivity index is 2.05. The Bertz CT molecular complexity index is 549. The highest BCUT2D eigenvalue weighted by Gasteiger charge is 2.21. The van der Waals surface area contributed by atoms with Gasteiger partial charge in [-0.05, 0) is 18.6 Å². The molecule has 1 atom stereocenters. The highest BCUT2D eigenvalue weighted by Crippen LogP contribution is 2.24. The van der Waals surface area contributed by atoms with Crippen LogP contribution in [-0.2, 0) is 13.0 Å². The van der Waals surface area contributed by atoms with Gasteiger partial charge in [-0.1, -0.05) is 12.1 Å². The summed E-state index contributed by atoms with van der Waals surface area (Å²) in [5.41, 5.74) is 7.46. The minimum atomic E-state index is -0.291. The van der Waals surface area contributed by atoms with Gasteiger partial charge in [0, 0.05) is 24.2 Å². The van der Waals surface area contributed by atoms with Gasteiger partial charge in [-0.3, -0.25) is 0 Å². The highest BCUT2D eigenvalue weighted by atomic mass is 16.3. The Morgan fingerprint density at radius 3 is 3.06 bits per heavy atom. The van der Waals surface area contributed by atoms with Crippen LogP contribution in [0.2, 0.25) is 0 Å². The van der Waals surface area contributed by atoms with Crippen molar-refractivity contribution in [1.29, 1.82) is 0 Å². The summed E-state index contributed by atoms with van der Waals surface area (Å²) in [6, 6.07) is 7.62. The van der Waals surface area contributed by atoms with Crippen molar-refractivity contribution in [3.8, 4) is 11.4 Å². The number of aromatic nitrogens is 3. The topological polar surface area (TPSA) is 77.0 Å². The van der Waals surface area contributed by atoms with Gasteiger partial charge in [-0.15, -0.1) is 10.2 Å². The van der Waals surface area contributed by atoms with Crippen LogP contribution in [0.4, 0.5) is 5.69 Å². The first kappa shape index (κ1) is 10.3. The molecule has 0 aliphatic carbocycles. The largest absolute Gasteiger partial charge is 0.399 e. The maximum Gasteiger partial charge on any atom is 0.164 e. The first-order chi connectivity index (χ1) is 8.24. The normalized spacial score (nSPS) is 19.0. The minimum Gasteiger partial charge on any atom is -0.399 e. The monoisotopic (exact) mass is 230 g/mol. The zero-order chi connectivity index (χ0) is 11.8. The lowest BCUT2D eigenvalue weighted by atomic mass is 10.1. The number of nitrogens with two attached hydrogens (primary N) is 1. The van der Waals surface area contributed by atoms with Crippen molar-refractivity contribution in [3.05, 3.63) is 30.1 Å². The van der Waals surface area contributed by atoms with E-state index in [2.05, 4.69) is 14.8 Å². The molecular formula is C12H14N4O. The van der Waals surface area contributed by atoms with Crippen LogP contribution in [-0.4, -0.2) is 26.0 Å². The van der Waals surface area contributed by atoms with Crippen LogP contribution >= 0.6 is 0 Å². The lowest BCUT2D eigenvalue weighted by Crippen LogP contribution is -2.23. The van der Waals surface area contributed by atoms with E-state index in [0.29, 0.717) is 6.42 Å². The van der Waals surface area contributed by atoms with E-state index in [1.165, 1.54) is 0 Å². The van der Waals surface area contributed by atoms with E-state index < -0.39 is 0 Å². The lowest BCUT2D eigenvalue weighted by Gasteiger charge is -2.19. The molecule has 1 aliphatic heterocycles. The zero-order valence-corrected chi connectivity index (χ0v) is 9.37. The van der Waals surface area contributed by atoms with Crippen molar-refractivity contribution in [3.63, 3.8) is 0 Å². The second kappa shape index (κ2) is 3.85. The smallest absolute Gasteiger partial charge is 0.164 e. The van der Waals surface area contributed by atoms with Crippen molar-refractivity contribution < 1.29 is 5.11 Å². The third kappa shape index (κ3) is 1.78. The summed E-state index contributed by atoms with van der Waals surface area (Å²) in [7, 11) is 0. The Kier molecular flexibility index (Phi) is 2.33. The number of hydrogen-bond acceptors (Lipinski definition) is 4. The molecule has 2 heterocycles. The van der Waals surface area contributed by atoms with Gasteiger partial charge < -0.3 is 15.4 Å². The predicted octanol–water partition coefficient (Wildman–Crippen LogP) is 0.834. The number of nitrogens with zero attached hydrogens (tertiary/aromatic N) is 3. The van der Waals surface area contributed by atoms with Gasteiger partial charge in [0.05, 0.1) is 6.10 Å². The fourth-order valence-electron chi connectivity index (χ4n) is 2.20. The molecule has 17 heavy (non-hydrogen) atoms. The summed E-state index contributed by atoms with van der Waals surface area (Å²) < 4.78 is 2.06. The number of benzene rings is 1. The van der Waals surface area contributed by atoms with E-state index in [-0.39, 0.29) is 6.10 Å². The average Bonchev–Trinajstić information content (AvgIpc) is 2.71. The number of fused-ring (bicyclic) bond motifs is 1. The summed E-state index contributed by atoms with van der Waals surface area (Å²) in [4.78, 5) is 0. The fourth-order valence-corrected chi connectivity index (χ4v) is 2.20. The minimum absolute atomic E-state index is 0.291. The molecule has 1 aromatic heterocycles. The van der Waals surface area contributed by atoms with E-state index in [1.807, 2.05) is 24.3 Å². The van der Waals surface area contributed by atoms with E-state index in [4.69, 9.17) is 5.73 Å². The van der Waals surface area contributed by atoms with Crippen LogP contribution in [0.5, 0.6) is 0 Å². The summed E-state index contributed by atoms with van der Waals surface area (Å²) >= 11 is 0. The maximum atomic E-state index is 9.58. The molecule has 1 aromatic carbocycles. The maximum absolute atomic E-state index is 9.58. The molecule has 1 aliphatic rings. The molecule has 0 radical (unpaired) electrons. The molecule has 88 valence electrons. The van der Waals surface area contributed by atoms with Gasteiger partial charge >= 0.3 is 0 Å². The van der Waals surface area contributed by atoms with Crippen molar-refractivity contribution in [2.75, 3.05) is 5.73 Å².